The van der Waals surface area contributed by atoms with Crippen LogP contribution >= 0.6 is 0 Å². The van der Waals surface area contributed by atoms with Gasteiger partial charge in [-0.25, -0.2) is 4.79 Å². The molecule has 0 spiro atoms. The molecule has 1 aromatic carbocycles. The van der Waals surface area contributed by atoms with E-state index in [9.17, 15) is 9.59 Å². The van der Waals surface area contributed by atoms with Crippen LogP contribution in [0.15, 0.2) is 24.3 Å². The average molecular weight is 264 g/mol. The number of carbonyl (C=O) groups excluding carboxylic acids is 1. The van der Waals surface area contributed by atoms with E-state index >= 15 is 0 Å². The summed E-state index contributed by atoms with van der Waals surface area (Å²) in [6.45, 7) is 5.53. The molecule has 1 aromatic rings. The van der Waals surface area contributed by atoms with Crippen LogP contribution in [-0.4, -0.2) is 22.6 Å². The molecule has 0 unspecified atom stereocenters. The fourth-order valence-corrected chi connectivity index (χ4v) is 1.64. The van der Waals surface area contributed by atoms with Gasteiger partial charge in [-0.3, -0.25) is 4.79 Å². The van der Waals surface area contributed by atoms with Gasteiger partial charge in [-0.1, -0.05) is 12.1 Å². The van der Waals surface area contributed by atoms with Gasteiger partial charge in [0.05, 0.1) is 5.56 Å². The molecule has 0 fully saturated rings. The van der Waals surface area contributed by atoms with Crippen molar-refractivity contribution < 1.29 is 19.4 Å². The lowest BCUT2D eigenvalue weighted by Crippen LogP contribution is -2.23. The monoisotopic (exact) mass is 264 g/mol. The second-order valence-corrected chi connectivity index (χ2v) is 5.44. The van der Waals surface area contributed by atoms with Crippen molar-refractivity contribution in [3.05, 3.63) is 35.4 Å². The Hall–Kier alpha value is -1.84. The van der Waals surface area contributed by atoms with Crippen LogP contribution in [-0.2, 0) is 16.0 Å². The van der Waals surface area contributed by atoms with Gasteiger partial charge in [0.1, 0.15) is 5.60 Å². The molecule has 0 saturated heterocycles. The van der Waals surface area contributed by atoms with Crippen LogP contribution in [0.25, 0.3) is 0 Å². The highest BCUT2D eigenvalue weighted by molar-refractivity contribution is 5.87. The summed E-state index contributed by atoms with van der Waals surface area (Å²) >= 11 is 0. The van der Waals surface area contributed by atoms with Crippen molar-refractivity contribution in [1.29, 1.82) is 0 Å². The highest BCUT2D eigenvalue weighted by Crippen LogP contribution is 2.12. The molecule has 0 radical (unpaired) electrons. The molecule has 1 N–H and O–H groups in total. The largest absolute Gasteiger partial charge is 0.478 e. The molecule has 104 valence electrons. The Morgan fingerprint density at radius 1 is 1.16 bits per heavy atom. The SMILES string of the molecule is CC(C)(C)OC(=O)CCCc1ccc(C(=O)O)cc1. The van der Waals surface area contributed by atoms with Crippen LogP contribution < -0.4 is 0 Å². The van der Waals surface area contributed by atoms with Gasteiger partial charge in [-0.05, 0) is 51.3 Å². The minimum Gasteiger partial charge on any atom is -0.478 e. The highest BCUT2D eigenvalue weighted by atomic mass is 16.6. The average Bonchev–Trinajstić information content (AvgIpc) is 2.27. The Kier molecular flexibility index (Phi) is 5.10. The molecule has 0 aliphatic carbocycles. The minimum absolute atomic E-state index is 0.199. The first-order valence-electron chi connectivity index (χ1n) is 6.32. The molecule has 0 amide bonds. The van der Waals surface area contributed by atoms with Crippen LogP contribution in [0.2, 0.25) is 0 Å². The third kappa shape index (κ3) is 6.04. The zero-order valence-electron chi connectivity index (χ0n) is 11.6. The predicted molar refractivity (Wildman–Crippen MR) is 72.2 cm³/mol. The summed E-state index contributed by atoms with van der Waals surface area (Å²) in [6, 6.07) is 6.70. The lowest BCUT2D eigenvalue weighted by atomic mass is 10.1. The van der Waals surface area contributed by atoms with Crippen molar-refractivity contribution in [2.75, 3.05) is 0 Å². The number of aryl methyl sites for hydroxylation is 1. The van der Waals surface area contributed by atoms with Gasteiger partial charge in [0.2, 0.25) is 0 Å². The van der Waals surface area contributed by atoms with Crippen molar-refractivity contribution in [3.63, 3.8) is 0 Å². The molecule has 0 saturated carbocycles. The third-order valence-corrected chi connectivity index (χ3v) is 2.47. The Labute approximate surface area is 113 Å². The summed E-state index contributed by atoms with van der Waals surface area (Å²) in [6.07, 6.45) is 1.80. The summed E-state index contributed by atoms with van der Waals surface area (Å²) in [5.41, 5.74) is 0.852. The second-order valence-electron chi connectivity index (χ2n) is 5.44. The number of aromatic carboxylic acids is 1. The summed E-state index contributed by atoms with van der Waals surface area (Å²) in [7, 11) is 0. The number of carboxylic acid groups (broad SMARTS) is 1. The summed E-state index contributed by atoms with van der Waals surface area (Å²) in [5.74, 6) is -1.13. The van der Waals surface area contributed by atoms with Crippen molar-refractivity contribution in [1.82, 2.24) is 0 Å². The van der Waals surface area contributed by atoms with E-state index in [0.29, 0.717) is 12.8 Å². The molecule has 19 heavy (non-hydrogen) atoms. The quantitative estimate of drug-likeness (QED) is 0.830. The lowest BCUT2D eigenvalue weighted by Gasteiger charge is -2.19. The number of hydrogen-bond acceptors (Lipinski definition) is 3. The first-order chi connectivity index (χ1) is 8.78. The zero-order chi connectivity index (χ0) is 14.5. The first-order valence-corrected chi connectivity index (χ1v) is 6.32. The molecule has 4 nitrogen and oxygen atoms in total. The molecule has 4 heteroatoms. The molecule has 0 bridgehead atoms. The van der Waals surface area contributed by atoms with Gasteiger partial charge >= 0.3 is 11.9 Å². The Morgan fingerprint density at radius 3 is 2.21 bits per heavy atom. The summed E-state index contributed by atoms with van der Waals surface area (Å²) in [5, 5.41) is 8.77. The lowest BCUT2D eigenvalue weighted by molar-refractivity contribution is -0.154. The summed E-state index contributed by atoms with van der Waals surface area (Å²) in [4.78, 5) is 22.2. The number of benzene rings is 1. The van der Waals surface area contributed by atoms with E-state index in [1.807, 2.05) is 20.8 Å². The normalized spacial score (nSPS) is 11.1. The maximum Gasteiger partial charge on any atom is 0.335 e. The standard InChI is InChI=1S/C15H20O4/c1-15(2,3)19-13(16)6-4-5-11-7-9-12(10-8-11)14(17)18/h7-10H,4-6H2,1-3H3,(H,17,18). The van der Waals surface area contributed by atoms with Gasteiger partial charge in [0.25, 0.3) is 0 Å². The topological polar surface area (TPSA) is 63.6 Å². The van der Waals surface area contributed by atoms with Crippen LogP contribution in [0.1, 0.15) is 49.5 Å². The number of ether oxygens (including phenoxy) is 1. The molecule has 0 aliphatic rings. The van der Waals surface area contributed by atoms with E-state index in [2.05, 4.69) is 0 Å². The van der Waals surface area contributed by atoms with Crippen molar-refractivity contribution in [2.45, 2.75) is 45.6 Å². The number of carbonyl (C=O) groups is 2. The van der Waals surface area contributed by atoms with Gasteiger partial charge in [0, 0.05) is 6.42 Å². The molecule has 0 aliphatic heterocycles. The molecular weight excluding hydrogens is 244 g/mol. The number of esters is 1. The zero-order valence-corrected chi connectivity index (χ0v) is 11.6. The second kappa shape index (κ2) is 6.36. The smallest absolute Gasteiger partial charge is 0.335 e. The number of hydrogen-bond donors (Lipinski definition) is 1. The summed E-state index contributed by atoms with van der Waals surface area (Å²) < 4.78 is 5.21. The Balaban J connectivity index is 2.37. The maximum atomic E-state index is 11.5. The van der Waals surface area contributed by atoms with Crippen LogP contribution in [0, 0.1) is 0 Å². The number of rotatable bonds is 5. The fourth-order valence-electron chi connectivity index (χ4n) is 1.64. The number of carboxylic acids is 1. The van der Waals surface area contributed by atoms with Gasteiger partial charge in [-0.15, -0.1) is 0 Å². The minimum atomic E-state index is -0.930. The van der Waals surface area contributed by atoms with E-state index in [1.54, 1.807) is 24.3 Å². The van der Waals surface area contributed by atoms with Crippen molar-refractivity contribution >= 4 is 11.9 Å². The van der Waals surface area contributed by atoms with E-state index in [4.69, 9.17) is 9.84 Å². The van der Waals surface area contributed by atoms with Crippen molar-refractivity contribution in [3.8, 4) is 0 Å². The van der Waals surface area contributed by atoms with E-state index in [1.165, 1.54) is 0 Å². The van der Waals surface area contributed by atoms with E-state index < -0.39 is 11.6 Å². The van der Waals surface area contributed by atoms with Gasteiger partial charge < -0.3 is 9.84 Å². The molecule has 1 rings (SSSR count). The van der Waals surface area contributed by atoms with Crippen LogP contribution in [0.4, 0.5) is 0 Å². The molecule has 0 heterocycles. The molecule has 0 aromatic heterocycles. The third-order valence-electron chi connectivity index (χ3n) is 2.47. The van der Waals surface area contributed by atoms with E-state index in [0.717, 1.165) is 12.0 Å². The molecule has 0 atom stereocenters. The maximum absolute atomic E-state index is 11.5. The highest BCUT2D eigenvalue weighted by Gasteiger charge is 2.15. The predicted octanol–water partition coefficient (Wildman–Crippen LogP) is 3.05. The Bertz CT molecular complexity index is 440. The van der Waals surface area contributed by atoms with Crippen LogP contribution in [0.5, 0.6) is 0 Å². The fraction of sp³-hybridized carbons (Fsp3) is 0.467. The van der Waals surface area contributed by atoms with Gasteiger partial charge in [0.15, 0.2) is 0 Å². The molecular formula is C15H20O4. The van der Waals surface area contributed by atoms with Gasteiger partial charge in [-0.2, -0.15) is 0 Å². The van der Waals surface area contributed by atoms with Crippen LogP contribution in [0.3, 0.4) is 0 Å². The first kappa shape index (κ1) is 15.2. The Morgan fingerprint density at radius 2 is 1.74 bits per heavy atom. The van der Waals surface area contributed by atoms with E-state index in [-0.39, 0.29) is 11.5 Å². The van der Waals surface area contributed by atoms with Crippen molar-refractivity contribution in [2.24, 2.45) is 0 Å².